The maximum absolute atomic E-state index is 14.1. The van der Waals surface area contributed by atoms with E-state index in [4.69, 9.17) is 0 Å². The van der Waals surface area contributed by atoms with Crippen LogP contribution in [0.5, 0.6) is 5.75 Å². The van der Waals surface area contributed by atoms with Crippen molar-refractivity contribution >= 4 is 39.8 Å². The smallest absolute Gasteiger partial charge is 0.387 e. The molecule has 0 unspecified atom stereocenters. The van der Waals surface area contributed by atoms with Crippen LogP contribution in [0.1, 0.15) is 26.3 Å². The third-order valence-electron chi connectivity index (χ3n) is 4.36. The minimum absolute atomic E-state index is 0. The van der Waals surface area contributed by atoms with Crippen LogP contribution >= 0.6 is 24.0 Å². The van der Waals surface area contributed by atoms with Gasteiger partial charge >= 0.3 is 6.61 Å². The molecule has 1 aliphatic heterocycles. The van der Waals surface area contributed by atoms with Crippen molar-refractivity contribution in [3.8, 4) is 5.75 Å². The molecule has 11 heteroatoms. The second-order valence-electron chi connectivity index (χ2n) is 6.77. The van der Waals surface area contributed by atoms with Crippen LogP contribution in [0.15, 0.2) is 23.2 Å². The summed E-state index contributed by atoms with van der Waals surface area (Å²) in [5, 5.41) is 3.04. The van der Waals surface area contributed by atoms with Crippen LogP contribution < -0.4 is 10.1 Å². The van der Waals surface area contributed by atoms with Crippen molar-refractivity contribution in [2.24, 2.45) is 4.99 Å². The molecule has 0 aliphatic carbocycles. The largest absolute Gasteiger partial charge is 0.434 e. The van der Waals surface area contributed by atoms with E-state index < -0.39 is 27.0 Å². The summed E-state index contributed by atoms with van der Waals surface area (Å²) < 4.78 is 66.9. The first kappa shape index (κ1) is 24.8. The van der Waals surface area contributed by atoms with Gasteiger partial charge in [-0.25, -0.2) is 17.8 Å². The Morgan fingerprint density at radius 3 is 2.64 bits per heavy atom. The standard InChI is InChI=1S/C17H24F3N3O3S.HI/c1-4-21-16(23-8-9-27(24,25)17(2,3)11-23)22-10-12-13(18)6-5-7-14(12)26-15(19)20;/h5-7,15H,4,8-11H2,1-3H3,(H,21,22);1H. The van der Waals surface area contributed by atoms with E-state index in [1.807, 2.05) is 6.92 Å². The monoisotopic (exact) mass is 535 g/mol. The van der Waals surface area contributed by atoms with Crippen molar-refractivity contribution in [1.29, 1.82) is 0 Å². The second kappa shape index (κ2) is 9.99. The van der Waals surface area contributed by atoms with Crippen molar-refractivity contribution in [2.45, 2.75) is 38.7 Å². The Hall–Kier alpha value is -1.24. The zero-order valence-corrected chi connectivity index (χ0v) is 19.1. The van der Waals surface area contributed by atoms with E-state index in [-0.39, 0.29) is 60.7 Å². The van der Waals surface area contributed by atoms with Crippen molar-refractivity contribution < 1.29 is 26.3 Å². The molecule has 0 aromatic heterocycles. The predicted molar refractivity (Wildman–Crippen MR) is 113 cm³/mol. The molecule has 28 heavy (non-hydrogen) atoms. The summed E-state index contributed by atoms with van der Waals surface area (Å²) in [5.74, 6) is -0.601. The Morgan fingerprint density at radius 2 is 2.07 bits per heavy atom. The van der Waals surface area contributed by atoms with Gasteiger partial charge in [-0.2, -0.15) is 8.78 Å². The Balaban J connectivity index is 0.00000392. The Kier molecular flexibility index (Phi) is 8.85. The topological polar surface area (TPSA) is 71.0 Å². The maximum Gasteiger partial charge on any atom is 0.387 e. The van der Waals surface area contributed by atoms with Gasteiger partial charge in [0.25, 0.3) is 0 Å². The SMILES string of the molecule is CCNC(=NCc1c(F)cccc1OC(F)F)N1CCS(=O)(=O)C(C)(C)C1.I. The Morgan fingerprint density at radius 1 is 1.39 bits per heavy atom. The van der Waals surface area contributed by atoms with Gasteiger partial charge in [-0.1, -0.05) is 6.07 Å². The molecular weight excluding hydrogens is 510 g/mol. The molecule has 0 amide bonds. The lowest BCUT2D eigenvalue weighted by atomic mass is 10.2. The van der Waals surface area contributed by atoms with Crippen LogP contribution in [0.3, 0.4) is 0 Å². The first-order valence-electron chi connectivity index (χ1n) is 8.55. The van der Waals surface area contributed by atoms with Crippen LogP contribution in [-0.4, -0.2) is 56.0 Å². The number of ether oxygens (including phenoxy) is 1. The van der Waals surface area contributed by atoms with E-state index in [0.717, 1.165) is 6.07 Å². The van der Waals surface area contributed by atoms with E-state index >= 15 is 0 Å². The average Bonchev–Trinajstić information content (AvgIpc) is 2.55. The van der Waals surface area contributed by atoms with Crippen LogP contribution in [0, 0.1) is 5.82 Å². The highest BCUT2D eigenvalue weighted by Gasteiger charge is 2.41. The van der Waals surface area contributed by atoms with Crippen molar-refractivity contribution in [1.82, 2.24) is 10.2 Å². The maximum atomic E-state index is 14.1. The van der Waals surface area contributed by atoms with Crippen LogP contribution in [0.4, 0.5) is 13.2 Å². The minimum Gasteiger partial charge on any atom is -0.434 e. The minimum atomic E-state index is -3.22. The van der Waals surface area contributed by atoms with Gasteiger partial charge in [0.1, 0.15) is 11.6 Å². The molecule has 0 atom stereocenters. The summed E-state index contributed by atoms with van der Waals surface area (Å²) in [6, 6.07) is 3.68. The van der Waals surface area contributed by atoms with E-state index in [0.29, 0.717) is 12.5 Å². The number of rotatable bonds is 5. The van der Waals surface area contributed by atoms with Crippen molar-refractivity contribution in [3.05, 3.63) is 29.6 Å². The molecule has 160 valence electrons. The normalized spacial score (nSPS) is 18.5. The fraction of sp³-hybridized carbons (Fsp3) is 0.588. The number of nitrogens with zero attached hydrogens (tertiary/aromatic N) is 2. The second-order valence-corrected chi connectivity index (χ2v) is 9.51. The van der Waals surface area contributed by atoms with Crippen molar-refractivity contribution in [2.75, 3.05) is 25.4 Å². The Labute approximate surface area is 180 Å². The van der Waals surface area contributed by atoms with Gasteiger partial charge < -0.3 is 15.0 Å². The quantitative estimate of drug-likeness (QED) is 0.357. The molecule has 1 aromatic carbocycles. The number of benzene rings is 1. The first-order valence-corrected chi connectivity index (χ1v) is 10.2. The summed E-state index contributed by atoms with van der Waals surface area (Å²) in [6.45, 7) is 2.81. The van der Waals surface area contributed by atoms with E-state index in [9.17, 15) is 21.6 Å². The van der Waals surface area contributed by atoms with Gasteiger partial charge in [0.05, 0.1) is 22.6 Å². The summed E-state index contributed by atoms with van der Waals surface area (Å²) in [4.78, 5) is 6.10. The highest BCUT2D eigenvalue weighted by Crippen LogP contribution is 2.26. The number of nitrogens with one attached hydrogen (secondary N) is 1. The third kappa shape index (κ3) is 5.88. The van der Waals surface area contributed by atoms with Gasteiger partial charge in [-0.15, -0.1) is 24.0 Å². The fourth-order valence-corrected chi connectivity index (χ4v) is 4.17. The highest BCUT2D eigenvalue weighted by atomic mass is 127. The number of aliphatic imine (C=N–C) groups is 1. The first-order chi connectivity index (χ1) is 12.6. The van der Waals surface area contributed by atoms with Crippen LogP contribution in [0.25, 0.3) is 0 Å². The van der Waals surface area contributed by atoms with E-state index in [1.165, 1.54) is 12.1 Å². The number of guanidine groups is 1. The van der Waals surface area contributed by atoms with Gasteiger partial charge in [-0.3, -0.25) is 0 Å². The number of alkyl halides is 2. The fourth-order valence-electron chi connectivity index (χ4n) is 2.80. The summed E-state index contributed by atoms with van der Waals surface area (Å²) >= 11 is 0. The summed E-state index contributed by atoms with van der Waals surface area (Å²) in [6.07, 6.45) is 0. The molecule has 0 radical (unpaired) electrons. The lowest BCUT2D eigenvalue weighted by Gasteiger charge is -2.39. The number of hydrogen-bond acceptors (Lipinski definition) is 4. The molecule has 2 rings (SSSR count). The number of halogens is 4. The molecule has 1 fully saturated rings. The molecule has 0 spiro atoms. The zero-order valence-electron chi connectivity index (χ0n) is 15.9. The molecule has 1 saturated heterocycles. The molecule has 1 aliphatic rings. The predicted octanol–water partition coefficient (Wildman–Crippen LogP) is 3.02. The lowest BCUT2D eigenvalue weighted by molar-refractivity contribution is -0.0506. The van der Waals surface area contributed by atoms with E-state index in [2.05, 4.69) is 15.0 Å². The Bertz CT molecular complexity index is 804. The zero-order chi connectivity index (χ0) is 20.2. The van der Waals surface area contributed by atoms with Crippen molar-refractivity contribution in [3.63, 3.8) is 0 Å². The van der Waals surface area contributed by atoms with Crippen LogP contribution in [-0.2, 0) is 16.4 Å². The van der Waals surface area contributed by atoms with Gasteiger partial charge in [-0.05, 0) is 32.9 Å². The number of sulfone groups is 1. The third-order valence-corrected chi connectivity index (χ3v) is 6.89. The lowest BCUT2D eigenvalue weighted by Crippen LogP contribution is -2.57. The molecule has 1 N–H and O–H groups in total. The molecule has 0 bridgehead atoms. The summed E-state index contributed by atoms with van der Waals surface area (Å²) in [5.41, 5.74) is -0.0860. The van der Waals surface area contributed by atoms with E-state index in [1.54, 1.807) is 18.7 Å². The summed E-state index contributed by atoms with van der Waals surface area (Å²) in [7, 11) is -3.22. The van der Waals surface area contributed by atoms with Gasteiger partial charge in [0.2, 0.25) is 0 Å². The number of hydrogen-bond donors (Lipinski definition) is 1. The molecule has 0 saturated carbocycles. The highest BCUT2D eigenvalue weighted by molar-refractivity contribution is 14.0. The van der Waals surface area contributed by atoms with Gasteiger partial charge in [0, 0.05) is 19.6 Å². The molecule has 1 heterocycles. The molecule has 1 aromatic rings. The molecular formula is C17H25F3IN3O3S. The van der Waals surface area contributed by atoms with Gasteiger partial charge in [0.15, 0.2) is 15.8 Å². The average molecular weight is 535 g/mol. The molecule has 6 nitrogen and oxygen atoms in total. The van der Waals surface area contributed by atoms with Crippen LogP contribution in [0.2, 0.25) is 0 Å².